The molecule has 1 aliphatic heterocycles. The molecule has 1 fully saturated rings. The molecule has 2 atom stereocenters. The van der Waals surface area contributed by atoms with Gasteiger partial charge >= 0.3 is 0 Å². The minimum atomic E-state index is -0.702. The van der Waals surface area contributed by atoms with Crippen LogP contribution in [0.15, 0.2) is 261 Å². The Kier molecular flexibility index (Phi) is 16.6. The van der Waals surface area contributed by atoms with E-state index in [1.54, 1.807) is 0 Å². The number of ether oxygens (including phenoxy) is 4. The van der Waals surface area contributed by atoms with Crippen molar-refractivity contribution in [2.24, 2.45) is 5.41 Å². The van der Waals surface area contributed by atoms with Gasteiger partial charge < -0.3 is 28.7 Å². The number of rotatable bonds is 24. The summed E-state index contributed by atoms with van der Waals surface area (Å²) in [6.45, 7) is 10.4. The van der Waals surface area contributed by atoms with Crippen LogP contribution in [0.5, 0.6) is 17.2 Å². The number of nitrogens with zero attached hydrogens (tertiary/aromatic N) is 2. The Morgan fingerprint density at radius 3 is 1.23 bits per heavy atom. The van der Waals surface area contributed by atoms with E-state index in [0.29, 0.717) is 31.7 Å². The Labute approximate surface area is 491 Å². The fourth-order valence-electron chi connectivity index (χ4n) is 12.5. The summed E-state index contributed by atoms with van der Waals surface area (Å²) >= 11 is 0. The second kappa shape index (κ2) is 25.1. The Bertz CT molecular complexity index is 3450. The van der Waals surface area contributed by atoms with Gasteiger partial charge in [0.1, 0.15) is 17.2 Å². The first-order valence-corrected chi connectivity index (χ1v) is 29.8. The monoisotopic (exact) mass is 1090 g/mol. The van der Waals surface area contributed by atoms with Gasteiger partial charge in [0.2, 0.25) is 0 Å². The molecular formula is C77H74N2O4. The molecule has 0 amide bonds. The maximum atomic E-state index is 6.53. The van der Waals surface area contributed by atoms with Crippen LogP contribution in [-0.4, -0.2) is 33.0 Å². The predicted molar refractivity (Wildman–Crippen MR) is 341 cm³/mol. The minimum Gasteiger partial charge on any atom is -0.494 e. The van der Waals surface area contributed by atoms with E-state index in [2.05, 4.69) is 291 Å². The van der Waals surface area contributed by atoms with Gasteiger partial charge in [0, 0.05) is 34.1 Å². The van der Waals surface area contributed by atoms with Gasteiger partial charge in [0.05, 0.1) is 43.9 Å². The van der Waals surface area contributed by atoms with Gasteiger partial charge in [-0.3, -0.25) is 0 Å². The van der Waals surface area contributed by atoms with Crippen LogP contribution in [0.25, 0.3) is 11.1 Å². The average molecular weight is 1090 g/mol. The molecule has 416 valence electrons. The highest BCUT2D eigenvalue weighted by Crippen LogP contribution is 2.59. The molecule has 0 radical (unpaired) electrons. The average Bonchev–Trinajstić information content (AvgIpc) is 4.09. The van der Waals surface area contributed by atoms with Crippen molar-refractivity contribution in [1.29, 1.82) is 0 Å². The Morgan fingerprint density at radius 2 is 0.819 bits per heavy atom. The van der Waals surface area contributed by atoms with Gasteiger partial charge in [-0.1, -0.05) is 172 Å². The molecule has 6 nitrogen and oxygen atoms in total. The number of hydrogen-bond acceptors (Lipinski definition) is 6. The normalized spacial score (nSPS) is 14.3. The SMILES string of the molecule is CCC(CC(C)c1ccc(OCC2(CC)COC2)cc1)c1ccc(OCCCCOc2ccc(C3(c4ccccc4)c4cc(N(c5ccccc5)c5ccccc5)ccc4-c4ccc(N(c5ccccc5)c5ccccc5)cc43)cc2)cc1. The molecule has 6 heteroatoms. The summed E-state index contributed by atoms with van der Waals surface area (Å²) in [5, 5.41) is 0. The van der Waals surface area contributed by atoms with Gasteiger partial charge in [-0.05, 0) is 198 Å². The predicted octanol–water partition coefficient (Wildman–Crippen LogP) is 19.7. The van der Waals surface area contributed by atoms with E-state index in [-0.39, 0.29) is 5.41 Å². The molecule has 12 rings (SSSR count). The molecular weight excluding hydrogens is 1020 g/mol. The number of hydrogen-bond donors (Lipinski definition) is 0. The van der Waals surface area contributed by atoms with Crippen LogP contribution < -0.4 is 24.0 Å². The third kappa shape index (κ3) is 11.5. The number of anilines is 6. The molecule has 1 heterocycles. The Morgan fingerprint density at radius 1 is 0.422 bits per heavy atom. The Hall–Kier alpha value is -8.84. The molecule has 83 heavy (non-hydrogen) atoms. The molecule has 2 unspecified atom stereocenters. The van der Waals surface area contributed by atoms with Crippen LogP contribution >= 0.6 is 0 Å². The van der Waals surface area contributed by atoms with E-state index in [0.717, 1.165) is 102 Å². The van der Waals surface area contributed by atoms with Gasteiger partial charge in [0.25, 0.3) is 0 Å². The van der Waals surface area contributed by atoms with Crippen molar-refractivity contribution in [1.82, 2.24) is 0 Å². The zero-order chi connectivity index (χ0) is 56.4. The number of para-hydroxylation sites is 4. The van der Waals surface area contributed by atoms with Crippen molar-refractivity contribution >= 4 is 34.1 Å². The highest BCUT2D eigenvalue weighted by atomic mass is 16.5. The lowest BCUT2D eigenvalue weighted by Gasteiger charge is -2.40. The Balaban J connectivity index is 0.768. The van der Waals surface area contributed by atoms with Gasteiger partial charge in [-0.25, -0.2) is 0 Å². The lowest BCUT2D eigenvalue weighted by molar-refractivity contribution is -0.133. The molecule has 1 aliphatic carbocycles. The molecule has 10 aromatic carbocycles. The molecule has 0 aromatic heterocycles. The van der Waals surface area contributed by atoms with Crippen LogP contribution in [-0.2, 0) is 10.2 Å². The van der Waals surface area contributed by atoms with Crippen molar-refractivity contribution < 1.29 is 18.9 Å². The quantitative estimate of drug-likeness (QED) is 0.0562. The van der Waals surface area contributed by atoms with E-state index < -0.39 is 5.41 Å². The number of fused-ring (bicyclic) bond motifs is 3. The smallest absolute Gasteiger partial charge is 0.119 e. The summed E-state index contributed by atoms with van der Waals surface area (Å²) in [5.74, 6) is 3.58. The highest BCUT2D eigenvalue weighted by Gasteiger charge is 2.47. The molecule has 0 N–H and O–H groups in total. The summed E-state index contributed by atoms with van der Waals surface area (Å²) in [6, 6.07) is 94.3. The molecule has 0 saturated carbocycles. The van der Waals surface area contributed by atoms with Gasteiger partial charge in [-0.15, -0.1) is 0 Å². The first-order valence-electron chi connectivity index (χ1n) is 29.8. The molecule has 0 bridgehead atoms. The maximum Gasteiger partial charge on any atom is 0.119 e. The van der Waals surface area contributed by atoms with E-state index in [9.17, 15) is 0 Å². The van der Waals surface area contributed by atoms with Gasteiger partial charge in [0.15, 0.2) is 0 Å². The summed E-state index contributed by atoms with van der Waals surface area (Å²) < 4.78 is 24.5. The summed E-state index contributed by atoms with van der Waals surface area (Å²) in [4.78, 5) is 4.73. The molecule has 2 aliphatic rings. The van der Waals surface area contributed by atoms with E-state index in [1.807, 2.05) is 0 Å². The number of unbranched alkanes of at least 4 members (excludes halogenated alkanes) is 1. The second-order valence-electron chi connectivity index (χ2n) is 22.5. The summed E-state index contributed by atoms with van der Waals surface area (Å²) in [5.41, 5.74) is 16.0. The first-order chi connectivity index (χ1) is 40.9. The zero-order valence-corrected chi connectivity index (χ0v) is 48.1. The second-order valence-corrected chi connectivity index (χ2v) is 22.5. The van der Waals surface area contributed by atoms with Crippen LogP contribution in [0.4, 0.5) is 34.1 Å². The lowest BCUT2D eigenvalue weighted by atomic mass is 9.67. The van der Waals surface area contributed by atoms with Crippen LogP contribution in [0.1, 0.15) is 98.1 Å². The first kappa shape index (κ1) is 54.7. The summed E-state index contributed by atoms with van der Waals surface area (Å²) in [7, 11) is 0. The lowest BCUT2D eigenvalue weighted by Crippen LogP contribution is -2.46. The molecule has 0 spiro atoms. The van der Waals surface area contributed by atoms with E-state index >= 15 is 0 Å². The van der Waals surface area contributed by atoms with Crippen molar-refractivity contribution in [3.63, 3.8) is 0 Å². The van der Waals surface area contributed by atoms with Crippen LogP contribution in [0.2, 0.25) is 0 Å². The standard InChI is InChI=1S/C77H74N2O4/c1-4-58(51-57(3)59-33-41-71(42-34-59)83-56-76(5-2)54-80-55-76)60-35-43-69(44-36-60)81-49-21-22-50-82-70-45-37-62(38-46-70)77(61-23-11-6-12-24-61)74-52-67(78(63-25-13-7-14-26-63)64-27-15-8-16-28-64)39-47-72(74)73-48-40-68(53-75(73)77)79(65-29-17-9-18-30-65)66-31-19-10-20-32-66/h6-20,23-48,52-53,57-58H,4-5,21-22,49-51,54-56H2,1-3H3. The van der Waals surface area contributed by atoms with Gasteiger partial charge in [-0.2, -0.15) is 0 Å². The zero-order valence-electron chi connectivity index (χ0n) is 48.1. The third-order valence-electron chi connectivity index (χ3n) is 17.3. The van der Waals surface area contributed by atoms with Crippen LogP contribution in [0, 0.1) is 5.41 Å². The van der Waals surface area contributed by atoms with Crippen molar-refractivity contribution in [3.05, 3.63) is 294 Å². The van der Waals surface area contributed by atoms with Crippen LogP contribution in [0.3, 0.4) is 0 Å². The van der Waals surface area contributed by atoms with Crippen molar-refractivity contribution in [2.75, 3.05) is 42.8 Å². The highest BCUT2D eigenvalue weighted by molar-refractivity contribution is 5.92. The third-order valence-corrected chi connectivity index (χ3v) is 17.3. The minimum absolute atomic E-state index is 0.174. The maximum absolute atomic E-state index is 6.53. The number of benzene rings is 10. The largest absolute Gasteiger partial charge is 0.494 e. The van der Waals surface area contributed by atoms with E-state index in [1.165, 1.54) is 38.9 Å². The molecule has 1 saturated heterocycles. The van der Waals surface area contributed by atoms with Crippen molar-refractivity contribution in [3.8, 4) is 28.4 Å². The van der Waals surface area contributed by atoms with E-state index in [4.69, 9.17) is 18.9 Å². The fourth-order valence-corrected chi connectivity index (χ4v) is 12.5. The molecule has 10 aromatic rings. The topological polar surface area (TPSA) is 43.4 Å². The fraction of sp³-hybridized carbons (Fsp3) is 0.221. The summed E-state index contributed by atoms with van der Waals surface area (Å²) in [6.07, 6.45) is 5.00. The van der Waals surface area contributed by atoms with Crippen molar-refractivity contribution in [2.45, 2.75) is 70.1 Å².